The summed E-state index contributed by atoms with van der Waals surface area (Å²) in [6, 6.07) is 11.6. The molecule has 0 saturated carbocycles. The van der Waals surface area contributed by atoms with Crippen LogP contribution in [0.3, 0.4) is 0 Å². The van der Waals surface area contributed by atoms with Crippen LogP contribution in [0.1, 0.15) is 31.2 Å². The number of nitrogens with one attached hydrogen (secondary N) is 1. The Morgan fingerprint density at radius 2 is 1.90 bits per heavy atom. The summed E-state index contributed by atoms with van der Waals surface area (Å²) in [6.45, 7) is 4.06. The van der Waals surface area contributed by atoms with E-state index in [2.05, 4.69) is 15.3 Å². The molecular weight excluding hydrogens is 264 g/mol. The van der Waals surface area contributed by atoms with Gasteiger partial charge in [-0.2, -0.15) is 0 Å². The van der Waals surface area contributed by atoms with Crippen LogP contribution in [-0.4, -0.2) is 27.7 Å². The van der Waals surface area contributed by atoms with Crippen molar-refractivity contribution in [3.63, 3.8) is 0 Å². The molecule has 1 atom stereocenters. The van der Waals surface area contributed by atoms with Gasteiger partial charge in [-0.1, -0.05) is 44.2 Å². The summed E-state index contributed by atoms with van der Waals surface area (Å²) < 4.78 is 0. The smallest absolute Gasteiger partial charge is 0.135 e. The lowest BCUT2D eigenvalue weighted by molar-refractivity contribution is 0.273. The number of hydrogen-bond acceptors (Lipinski definition) is 5. The molecule has 0 aliphatic heterocycles. The summed E-state index contributed by atoms with van der Waals surface area (Å²) in [7, 11) is 0. The molecular formula is C16H22N4O. The van der Waals surface area contributed by atoms with E-state index in [0.29, 0.717) is 17.5 Å². The molecule has 1 aromatic heterocycles. The normalized spacial score (nSPS) is 12.4. The summed E-state index contributed by atoms with van der Waals surface area (Å²) in [5.74, 6) is 2.00. The van der Waals surface area contributed by atoms with Gasteiger partial charge in [0.15, 0.2) is 0 Å². The van der Waals surface area contributed by atoms with Crippen molar-refractivity contribution in [1.82, 2.24) is 9.97 Å². The zero-order chi connectivity index (χ0) is 15.2. The lowest BCUT2D eigenvalue weighted by Crippen LogP contribution is -2.27. The number of aromatic nitrogens is 2. The summed E-state index contributed by atoms with van der Waals surface area (Å²) in [5.41, 5.74) is 6.98. The SMILES string of the molecule is CC(C)c1nc(N)cc(NC(CO)Cc2ccccc2)n1. The average molecular weight is 286 g/mol. The number of hydrogen-bond donors (Lipinski definition) is 3. The molecule has 5 heteroatoms. The average Bonchev–Trinajstić information content (AvgIpc) is 2.47. The van der Waals surface area contributed by atoms with E-state index in [9.17, 15) is 5.11 Å². The van der Waals surface area contributed by atoms with Crippen molar-refractivity contribution in [1.29, 1.82) is 0 Å². The van der Waals surface area contributed by atoms with Gasteiger partial charge in [0.25, 0.3) is 0 Å². The van der Waals surface area contributed by atoms with Crippen LogP contribution in [0.4, 0.5) is 11.6 Å². The van der Waals surface area contributed by atoms with Gasteiger partial charge < -0.3 is 16.2 Å². The number of nitrogens with two attached hydrogens (primary N) is 1. The van der Waals surface area contributed by atoms with Crippen LogP contribution < -0.4 is 11.1 Å². The number of benzene rings is 1. The first kappa shape index (κ1) is 15.3. The van der Waals surface area contributed by atoms with Crippen molar-refractivity contribution < 1.29 is 5.11 Å². The van der Waals surface area contributed by atoms with Crippen molar-refractivity contribution in [3.05, 3.63) is 47.8 Å². The van der Waals surface area contributed by atoms with Gasteiger partial charge in [0.05, 0.1) is 12.6 Å². The number of rotatable bonds is 6. The molecule has 1 unspecified atom stereocenters. The monoisotopic (exact) mass is 286 g/mol. The predicted molar refractivity (Wildman–Crippen MR) is 85.2 cm³/mol. The van der Waals surface area contributed by atoms with E-state index in [1.165, 1.54) is 0 Å². The second kappa shape index (κ2) is 7.04. The Balaban J connectivity index is 2.11. The van der Waals surface area contributed by atoms with Gasteiger partial charge in [-0.25, -0.2) is 9.97 Å². The molecule has 0 radical (unpaired) electrons. The van der Waals surface area contributed by atoms with Gasteiger partial charge in [-0.15, -0.1) is 0 Å². The van der Waals surface area contributed by atoms with Crippen LogP contribution in [-0.2, 0) is 6.42 Å². The molecule has 21 heavy (non-hydrogen) atoms. The molecule has 2 aromatic rings. The molecule has 0 amide bonds. The van der Waals surface area contributed by atoms with E-state index in [0.717, 1.165) is 12.0 Å². The molecule has 5 nitrogen and oxygen atoms in total. The fraction of sp³-hybridized carbons (Fsp3) is 0.375. The Kier molecular flexibility index (Phi) is 5.11. The van der Waals surface area contributed by atoms with E-state index in [1.807, 2.05) is 44.2 Å². The van der Waals surface area contributed by atoms with Crippen molar-refractivity contribution in [2.45, 2.75) is 32.2 Å². The molecule has 2 rings (SSSR count). The highest BCUT2D eigenvalue weighted by Crippen LogP contribution is 2.16. The van der Waals surface area contributed by atoms with E-state index in [1.54, 1.807) is 6.07 Å². The Morgan fingerprint density at radius 1 is 1.19 bits per heavy atom. The highest BCUT2D eigenvalue weighted by Gasteiger charge is 2.12. The highest BCUT2D eigenvalue weighted by molar-refractivity contribution is 5.45. The van der Waals surface area contributed by atoms with Crippen LogP contribution in [0, 0.1) is 0 Å². The number of nitrogens with zero attached hydrogens (tertiary/aromatic N) is 2. The summed E-state index contributed by atoms with van der Waals surface area (Å²) in [6.07, 6.45) is 0.720. The van der Waals surface area contributed by atoms with E-state index in [-0.39, 0.29) is 18.6 Å². The molecule has 0 saturated heterocycles. The van der Waals surface area contributed by atoms with Crippen LogP contribution in [0.2, 0.25) is 0 Å². The molecule has 1 aromatic carbocycles. The quantitative estimate of drug-likeness (QED) is 0.758. The third kappa shape index (κ3) is 4.43. The summed E-state index contributed by atoms with van der Waals surface area (Å²) >= 11 is 0. The molecule has 0 fully saturated rings. The third-order valence-corrected chi connectivity index (χ3v) is 3.18. The van der Waals surface area contributed by atoms with Gasteiger partial charge in [-0.3, -0.25) is 0 Å². The van der Waals surface area contributed by atoms with Crippen molar-refractivity contribution in [2.24, 2.45) is 0 Å². The maximum Gasteiger partial charge on any atom is 0.135 e. The number of anilines is 2. The molecule has 4 N–H and O–H groups in total. The van der Waals surface area contributed by atoms with Gasteiger partial charge in [0.1, 0.15) is 17.5 Å². The van der Waals surface area contributed by atoms with Crippen LogP contribution >= 0.6 is 0 Å². The van der Waals surface area contributed by atoms with Gasteiger partial charge in [-0.05, 0) is 12.0 Å². The van der Waals surface area contributed by atoms with Gasteiger partial charge in [0.2, 0.25) is 0 Å². The zero-order valence-corrected chi connectivity index (χ0v) is 12.5. The number of nitrogen functional groups attached to an aromatic ring is 1. The number of aliphatic hydroxyl groups excluding tert-OH is 1. The molecule has 0 aliphatic carbocycles. The Labute approximate surface area is 125 Å². The molecule has 112 valence electrons. The Hall–Kier alpha value is -2.14. The Bertz CT molecular complexity index is 572. The second-order valence-electron chi connectivity index (χ2n) is 5.40. The lowest BCUT2D eigenvalue weighted by Gasteiger charge is -2.18. The minimum atomic E-state index is -0.110. The maximum atomic E-state index is 9.56. The first-order valence-corrected chi connectivity index (χ1v) is 7.14. The largest absolute Gasteiger partial charge is 0.394 e. The van der Waals surface area contributed by atoms with Crippen molar-refractivity contribution >= 4 is 11.6 Å². The third-order valence-electron chi connectivity index (χ3n) is 3.18. The predicted octanol–water partition coefficient (Wildman–Crippen LogP) is 2.20. The summed E-state index contributed by atoms with van der Waals surface area (Å²) in [4.78, 5) is 8.66. The standard InChI is InChI=1S/C16H22N4O/c1-11(2)16-19-14(17)9-15(20-16)18-13(10-21)8-12-6-4-3-5-7-12/h3-7,9,11,13,21H,8,10H2,1-2H3,(H3,17,18,19,20). The fourth-order valence-corrected chi connectivity index (χ4v) is 2.09. The van der Waals surface area contributed by atoms with Crippen molar-refractivity contribution in [3.8, 4) is 0 Å². The van der Waals surface area contributed by atoms with Gasteiger partial charge >= 0.3 is 0 Å². The lowest BCUT2D eigenvalue weighted by atomic mass is 10.1. The topological polar surface area (TPSA) is 84.1 Å². The van der Waals surface area contributed by atoms with E-state index in [4.69, 9.17) is 5.73 Å². The highest BCUT2D eigenvalue weighted by atomic mass is 16.3. The molecule has 0 aliphatic rings. The van der Waals surface area contributed by atoms with Crippen LogP contribution in [0.25, 0.3) is 0 Å². The first-order chi connectivity index (χ1) is 10.1. The van der Waals surface area contributed by atoms with Crippen molar-refractivity contribution in [2.75, 3.05) is 17.7 Å². The minimum absolute atomic E-state index is 0.0236. The molecule has 0 spiro atoms. The van der Waals surface area contributed by atoms with Gasteiger partial charge in [0, 0.05) is 12.0 Å². The fourth-order valence-electron chi connectivity index (χ4n) is 2.09. The van der Waals surface area contributed by atoms with Crippen LogP contribution in [0.15, 0.2) is 36.4 Å². The zero-order valence-electron chi connectivity index (χ0n) is 12.5. The minimum Gasteiger partial charge on any atom is -0.394 e. The number of aliphatic hydroxyl groups is 1. The molecule has 0 bridgehead atoms. The summed E-state index contributed by atoms with van der Waals surface area (Å²) in [5, 5.41) is 12.8. The molecule has 1 heterocycles. The Morgan fingerprint density at radius 3 is 2.52 bits per heavy atom. The maximum absolute atomic E-state index is 9.56. The first-order valence-electron chi connectivity index (χ1n) is 7.14. The van der Waals surface area contributed by atoms with E-state index >= 15 is 0 Å². The van der Waals surface area contributed by atoms with E-state index < -0.39 is 0 Å². The van der Waals surface area contributed by atoms with Crippen LogP contribution in [0.5, 0.6) is 0 Å². The second-order valence-corrected chi connectivity index (χ2v) is 5.40.